The molecule has 0 aromatic heterocycles. The van der Waals surface area contributed by atoms with E-state index in [2.05, 4.69) is 72.8 Å². The molecule has 0 amide bonds. The molecule has 0 N–H and O–H groups in total. The lowest BCUT2D eigenvalue weighted by molar-refractivity contribution is -0.0452. The van der Waals surface area contributed by atoms with Gasteiger partial charge < -0.3 is 4.74 Å². The van der Waals surface area contributed by atoms with Gasteiger partial charge in [0, 0.05) is 34.1 Å². The van der Waals surface area contributed by atoms with Crippen LogP contribution in [0.2, 0.25) is 0 Å². The van der Waals surface area contributed by atoms with Gasteiger partial charge in [0.1, 0.15) is 11.2 Å². The number of ketones is 2. The van der Waals surface area contributed by atoms with Crippen molar-refractivity contribution in [2.45, 2.75) is 23.0 Å². The van der Waals surface area contributed by atoms with E-state index in [1.807, 2.05) is 36.4 Å². The maximum atomic E-state index is 13.6. The van der Waals surface area contributed by atoms with Gasteiger partial charge in [-0.25, -0.2) is 0 Å². The Morgan fingerprint density at radius 2 is 0.846 bits per heavy atom. The van der Waals surface area contributed by atoms with Crippen molar-refractivity contribution in [1.82, 2.24) is 0 Å². The third kappa shape index (κ3) is 2.31. The molecule has 184 valence electrons. The van der Waals surface area contributed by atoms with Crippen LogP contribution in [0.25, 0.3) is 0 Å². The van der Waals surface area contributed by atoms with E-state index in [4.69, 9.17) is 4.74 Å². The van der Waals surface area contributed by atoms with Gasteiger partial charge in [0.25, 0.3) is 0 Å². The molecule has 0 saturated carbocycles. The molecule has 9 rings (SSSR count). The van der Waals surface area contributed by atoms with Crippen molar-refractivity contribution < 1.29 is 14.3 Å². The molecule has 2 aliphatic carbocycles. The van der Waals surface area contributed by atoms with Crippen LogP contribution in [0.5, 0.6) is 0 Å². The van der Waals surface area contributed by atoms with Gasteiger partial charge in [-0.2, -0.15) is 0 Å². The lowest BCUT2D eigenvalue weighted by atomic mass is 9.49. The van der Waals surface area contributed by atoms with Crippen molar-refractivity contribution in [3.8, 4) is 0 Å². The molecule has 4 aliphatic rings. The van der Waals surface area contributed by atoms with Crippen LogP contribution in [-0.2, 0) is 15.9 Å². The largest absolute Gasteiger partial charge is 0.348 e. The second-order valence-electron chi connectivity index (χ2n) is 11.0. The van der Waals surface area contributed by atoms with E-state index in [1.54, 1.807) is 12.1 Å². The first kappa shape index (κ1) is 21.3. The average molecular weight is 503 g/mol. The summed E-state index contributed by atoms with van der Waals surface area (Å²) in [5.74, 6) is -0.143. The molecule has 5 aromatic carbocycles. The number of hydrogen-bond donors (Lipinski definition) is 0. The fourth-order valence-electron chi connectivity index (χ4n) is 8.00. The maximum absolute atomic E-state index is 13.6. The van der Waals surface area contributed by atoms with E-state index >= 15 is 0 Å². The monoisotopic (exact) mass is 502 g/mol. The SMILES string of the molecule is O=C1c2ccccc2C(=O)c2cc3c(cc21)[C@@H]1[C@H]3[C@]2(c3ccccc3)O[C@@]1(c1ccccc1)c1ccccc12. The Morgan fingerprint density at radius 3 is 1.28 bits per heavy atom. The van der Waals surface area contributed by atoms with Gasteiger partial charge in [0.2, 0.25) is 0 Å². The van der Waals surface area contributed by atoms with Gasteiger partial charge in [-0.3, -0.25) is 9.59 Å². The predicted molar refractivity (Wildman–Crippen MR) is 147 cm³/mol. The number of carbonyl (C=O) groups excluding carboxylic acids is 2. The lowest BCUT2D eigenvalue weighted by Gasteiger charge is -2.49. The molecule has 4 atom stereocenters. The number of ether oxygens (including phenoxy) is 1. The molecule has 0 unspecified atom stereocenters. The first-order valence-electron chi connectivity index (χ1n) is 13.4. The second kappa shape index (κ2) is 7.07. The van der Waals surface area contributed by atoms with Crippen molar-refractivity contribution in [3.63, 3.8) is 0 Å². The Morgan fingerprint density at radius 1 is 0.462 bits per heavy atom. The van der Waals surface area contributed by atoms with E-state index in [0.717, 1.165) is 22.3 Å². The predicted octanol–water partition coefficient (Wildman–Crippen LogP) is 6.87. The van der Waals surface area contributed by atoms with Gasteiger partial charge in [-0.15, -0.1) is 0 Å². The highest BCUT2D eigenvalue weighted by molar-refractivity contribution is 6.28. The second-order valence-corrected chi connectivity index (χ2v) is 11.0. The number of rotatable bonds is 2. The average Bonchev–Trinajstić information content (AvgIpc) is 3.45. The number of hydrogen-bond acceptors (Lipinski definition) is 3. The van der Waals surface area contributed by atoms with Gasteiger partial charge in [0.15, 0.2) is 11.6 Å². The van der Waals surface area contributed by atoms with Crippen LogP contribution in [0.4, 0.5) is 0 Å². The molecule has 3 nitrogen and oxygen atoms in total. The summed E-state index contributed by atoms with van der Waals surface area (Å²) in [6.45, 7) is 0. The van der Waals surface area contributed by atoms with Crippen LogP contribution < -0.4 is 0 Å². The third-order valence-corrected chi connectivity index (χ3v) is 9.46. The van der Waals surface area contributed by atoms with E-state index in [0.29, 0.717) is 22.3 Å². The summed E-state index contributed by atoms with van der Waals surface area (Å²) >= 11 is 0. The minimum atomic E-state index is -0.695. The molecule has 1 saturated heterocycles. The first-order chi connectivity index (χ1) is 19.2. The molecule has 2 bridgehead atoms. The van der Waals surface area contributed by atoms with Crippen LogP contribution in [0, 0.1) is 0 Å². The topological polar surface area (TPSA) is 43.4 Å². The van der Waals surface area contributed by atoms with Gasteiger partial charge >= 0.3 is 0 Å². The first-order valence-corrected chi connectivity index (χ1v) is 13.4. The Balaban J connectivity index is 1.36. The smallest absolute Gasteiger partial charge is 0.194 e. The zero-order valence-electron chi connectivity index (χ0n) is 20.9. The normalized spacial score (nSPS) is 26.7. The Labute approximate surface area is 225 Å². The van der Waals surface area contributed by atoms with Crippen LogP contribution in [0.1, 0.15) is 77.1 Å². The quantitative estimate of drug-likeness (QED) is 0.259. The summed E-state index contributed by atoms with van der Waals surface area (Å²) in [7, 11) is 0. The molecule has 5 aromatic rings. The van der Waals surface area contributed by atoms with Crippen LogP contribution in [0.15, 0.2) is 121 Å². The van der Waals surface area contributed by atoms with Crippen molar-refractivity contribution in [2.24, 2.45) is 0 Å². The standard InChI is InChI=1S/C36H22O3/c37-33-23-15-7-8-16-24(23)34(38)28-20-26-25(19-27(28)33)31-32(26)36(22-13-5-2-6-14-22)30-18-10-9-17-29(30)35(31,39-36)21-11-3-1-4-12-21/h1-20,31-32H/t31-,32+,35+,36-. The molecule has 1 fully saturated rings. The van der Waals surface area contributed by atoms with E-state index in [9.17, 15) is 9.59 Å². The number of carbonyl (C=O) groups is 2. The Kier molecular flexibility index (Phi) is 3.87. The zero-order valence-corrected chi connectivity index (χ0v) is 20.9. The maximum Gasteiger partial charge on any atom is 0.194 e. The Bertz CT molecular complexity index is 1750. The number of fused-ring (bicyclic) bond motifs is 13. The summed E-state index contributed by atoms with van der Waals surface area (Å²) < 4.78 is 7.47. The van der Waals surface area contributed by atoms with Crippen molar-refractivity contribution >= 4 is 11.6 Å². The van der Waals surface area contributed by atoms with Gasteiger partial charge in [-0.1, -0.05) is 109 Å². The van der Waals surface area contributed by atoms with Crippen LogP contribution in [-0.4, -0.2) is 11.6 Å². The molecule has 3 heteroatoms. The summed E-state index contributed by atoms with van der Waals surface area (Å²) in [5, 5.41) is 0. The summed E-state index contributed by atoms with van der Waals surface area (Å²) in [6, 6.07) is 40.7. The molecule has 2 aliphatic heterocycles. The van der Waals surface area contributed by atoms with E-state index < -0.39 is 11.2 Å². The highest BCUT2D eigenvalue weighted by Crippen LogP contribution is 2.78. The molecule has 2 heterocycles. The minimum absolute atomic E-state index is 0.00961. The fourth-order valence-corrected chi connectivity index (χ4v) is 8.00. The summed E-state index contributed by atoms with van der Waals surface area (Å²) in [4.78, 5) is 27.3. The van der Waals surface area contributed by atoms with E-state index in [1.165, 1.54) is 11.1 Å². The molecule has 0 radical (unpaired) electrons. The van der Waals surface area contributed by atoms with Gasteiger partial charge in [0.05, 0.1) is 0 Å². The minimum Gasteiger partial charge on any atom is -0.348 e. The summed E-state index contributed by atoms with van der Waals surface area (Å²) in [6.07, 6.45) is 0. The Hall–Kier alpha value is -4.60. The fraction of sp³-hybridized carbons (Fsp3) is 0.111. The highest BCUT2D eigenvalue weighted by Gasteiger charge is 2.75. The van der Waals surface area contributed by atoms with Crippen molar-refractivity contribution in [1.29, 1.82) is 0 Å². The zero-order chi connectivity index (χ0) is 25.9. The molecular weight excluding hydrogens is 480 g/mol. The van der Waals surface area contributed by atoms with Crippen molar-refractivity contribution in [2.75, 3.05) is 0 Å². The molecular formula is C36H22O3. The lowest BCUT2D eigenvalue weighted by Crippen LogP contribution is -2.44. The summed E-state index contributed by atoms with van der Waals surface area (Å²) in [5.41, 5.74) is 7.38. The number of benzene rings is 5. The van der Waals surface area contributed by atoms with Crippen LogP contribution >= 0.6 is 0 Å². The highest BCUT2D eigenvalue weighted by atomic mass is 16.5. The third-order valence-electron chi connectivity index (χ3n) is 9.46. The van der Waals surface area contributed by atoms with E-state index in [-0.39, 0.29) is 23.4 Å². The van der Waals surface area contributed by atoms with Crippen LogP contribution in [0.3, 0.4) is 0 Å². The molecule has 0 spiro atoms. The molecule has 39 heavy (non-hydrogen) atoms. The van der Waals surface area contributed by atoms with Gasteiger partial charge in [-0.05, 0) is 45.5 Å². The van der Waals surface area contributed by atoms with Crippen molar-refractivity contribution in [3.05, 3.63) is 177 Å².